The molecular weight excluding hydrogens is 324 g/mol. The first-order valence-corrected chi connectivity index (χ1v) is 8.87. The van der Waals surface area contributed by atoms with Crippen LogP contribution in [0.2, 0.25) is 0 Å². The quantitative estimate of drug-likeness (QED) is 0.865. The molecule has 3 rings (SSSR count). The lowest BCUT2D eigenvalue weighted by Gasteiger charge is -2.27. The molecule has 0 amide bonds. The summed E-state index contributed by atoms with van der Waals surface area (Å²) in [7, 11) is 0. The second kappa shape index (κ2) is 6.13. The molecule has 0 saturated carbocycles. The molecule has 1 aromatic heterocycles. The minimum absolute atomic E-state index is 0.162. The van der Waals surface area contributed by atoms with Crippen molar-refractivity contribution in [1.29, 1.82) is 5.26 Å². The van der Waals surface area contributed by atoms with Crippen molar-refractivity contribution in [3.8, 4) is 17.5 Å². The highest BCUT2D eigenvalue weighted by Crippen LogP contribution is 2.33. The maximum atomic E-state index is 12.3. The molecule has 1 aliphatic rings. The molecule has 7 heteroatoms. The molecule has 0 aliphatic carbocycles. The summed E-state index contributed by atoms with van der Waals surface area (Å²) in [6.07, 6.45) is 1.75. The monoisotopic (exact) mass is 344 g/mol. The Morgan fingerprint density at radius 2 is 2.21 bits per heavy atom. The van der Waals surface area contributed by atoms with Crippen LogP contribution in [0, 0.1) is 11.3 Å². The molecule has 1 aromatic carbocycles. The van der Waals surface area contributed by atoms with Gasteiger partial charge in [0.1, 0.15) is 23.4 Å². The lowest BCUT2D eigenvalue weighted by Crippen LogP contribution is -2.40. The second-order valence-corrected chi connectivity index (χ2v) is 8.75. The number of aromatic nitrogens is 2. The standard InChI is InChI=1S/C17H20N4O2S/c1-11(20-24(22)17(2,3)4)16-14-9-23-15-7-12(8-18)5-6-13(15)21(14)10-19-16/h5-7,10-11,20H,9H2,1-4H3. The summed E-state index contributed by atoms with van der Waals surface area (Å²) in [5, 5.41) is 9.00. The number of fused-ring (bicyclic) bond motifs is 3. The zero-order valence-electron chi connectivity index (χ0n) is 14.2. The molecule has 2 unspecified atom stereocenters. The van der Waals surface area contributed by atoms with E-state index in [0.717, 1.165) is 17.1 Å². The summed E-state index contributed by atoms with van der Waals surface area (Å²) in [6, 6.07) is 7.29. The summed E-state index contributed by atoms with van der Waals surface area (Å²) in [5.41, 5.74) is 3.17. The molecule has 6 nitrogen and oxygen atoms in total. The van der Waals surface area contributed by atoms with Crippen LogP contribution in [-0.4, -0.2) is 18.9 Å². The van der Waals surface area contributed by atoms with Crippen molar-refractivity contribution in [1.82, 2.24) is 14.3 Å². The predicted octanol–water partition coefficient (Wildman–Crippen LogP) is 2.75. The number of imidazole rings is 1. The first-order valence-electron chi connectivity index (χ1n) is 7.72. The van der Waals surface area contributed by atoms with E-state index in [0.29, 0.717) is 17.9 Å². The number of nitrogens with one attached hydrogen (secondary N) is 1. The van der Waals surface area contributed by atoms with Gasteiger partial charge in [-0.05, 0) is 39.8 Å². The summed E-state index contributed by atoms with van der Waals surface area (Å²) in [5.74, 6) is 0.671. The van der Waals surface area contributed by atoms with E-state index in [1.807, 2.05) is 38.3 Å². The number of hydrogen-bond donors (Lipinski definition) is 1. The molecule has 24 heavy (non-hydrogen) atoms. The maximum Gasteiger partial charge on any atom is 0.145 e. The number of hydrogen-bond acceptors (Lipinski definition) is 5. The van der Waals surface area contributed by atoms with E-state index >= 15 is 0 Å². The van der Waals surface area contributed by atoms with Crippen LogP contribution in [0.25, 0.3) is 5.69 Å². The van der Waals surface area contributed by atoms with Crippen LogP contribution >= 0.6 is 0 Å². The van der Waals surface area contributed by atoms with Gasteiger partial charge in [-0.3, -0.25) is 4.57 Å². The molecule has 126 valence electrons. The largest absolute Gasteiger partial charge is 0.598 e. The van der Waals surface area contributed by atoms with E-state index in [4.69, 9.17) is 10.00 Å². The summed E-state index contributed by atoms with van der Waals surface area (Å²) in [4.78, 5) is 4.50. The number of nitriles is 1. The summed E-state index contributed by atoms with van der Waals surface area (Å²) < 4.78 is 22.8. The van der Waals surface area contributed by atoms with Crippen LogP contribution in [-0.2, 0) is 18.0 Å². The molecule has 0 bridgehead atoms. The predicted molar refractivity (Wildman–Crippen MR) is 92.1 cm³/mol. The van der Waals surface area contributed by atoms with Gasteiger partial charge in [0.05, 0.1) is 34.7 Å². The van der Waals surface area contributed by atoms with Crippen LogP contribution in [0.4, 0.5) is 0 Å². The van der Waals surface area contributed by atoms with Crippen molar-refractivity contribution in [3.05, 3.63) is 41.5 Å². The van der Waals surface area contributed by atoms with E-state index in [1.54, 1.807) is 18.5 Å². The molecule has 1 aliphatic heterocycles. The third-order valence-corrected chi connectivity index (χ3v) is 5.54. The Labute approximate surface area is 144 Å². The Balaban J connectivity index is 1.90. The van der Waals surface area contributed by atoms with Crippen molar-refractivity contribution in [2.45, 2.75) is 45.1 Å². The SMILES string of the molecule is CC(N[S+]([O-])C(C)(C)C)c1ncn2c1COc1cc(C#N)ccc1-2. The number of ether oxygens (including phenoxy) is 1. The van der Waals surface area contributed by atoms with Crippen LogP contribution in [0.1, 0.15) is 50.7 Å². The smallest absolute Gasteiger partial charge is 0.145 e. The van der Waals surface area contributed by atoms with E-state index in [9.17, 15) is 4.55 Å². The fourth-order valence-corrected chi connectivity index (χ4v) is 3.32. The van der Waals surface area contributed by atoms with E-state index in [-0.39, 0.29) is 10.8 Å². The molecule has 2 heterocycles. The topological polar surface area (TPSA) is 85.9 Å². The van der Waals surface area contributed by atoms with Crippen molar-refractivity contribution in [2.24, 2.45) is 0 Å². The van der Waals surface area contributed by atoms with Crippen LogP contribution in [0.3, 0.4) is 0 Å². The number of nitrogens with zero attached hydrogens (tertiary/aromatic N) is 3. The first kappa shape index (κ1) is 16.8. The van der Waals surface area contributed by atoms with Gasteiger partial charge in [0.15, 0.2) is 0 Å². The zero-order chi connectivity index (χ0) is 17.5. The average Bonchev–Trinajstić information content (AvgIpc) is 2.97. The fourth-order valence-electron chi connectivity index (χ4n) is 2.54. The fraction of sp³-hybridized carbons (Fsp3) is 0.412. The van der Waals surface area contributed by atoms with E-state index in [2.05, 4.69) is 15.8 Å². The van der Waals surface area contributed by atoms with Gasteiger partial charge in [0.25, 0.3) is 0 Å². The Kier molecular flexibility index (Phi) is 4.30. The molecule has 0 saturated heterocycles. The molecule has 2 aromatic rings. The highest BCUT2D eigenvalue weighted by atomic mass is 32.2. The lowest BCUT2D eigenvalue weighted by molar-refractivity contribution is 0.282. The Morgan fingerprint density at radius 1 is 1.46 bits per heavy atom. The van der Waals surface area contributed by atoms with E-state index < -0.39 is 11.4 Å². The van der Waals surface area contributed by atoms with Gasteiger partial charge in [0.2, 0.25) is 0 Å². The molecule has 0 fully saturated rings. The van der Waals surface area contributed by atoms with E-state index in [1.165, 1.54) is 0 Å². The number of benzene rings is 1. The van der Waals surface area contributed by atoms with Crippen molar-refractivity contribution in [2.75, 3.05) is 0 Å². The molecule has 0 spiro atoms. The molecule has 2 atom stereocenters. The van der Waals surface area contributed by atoms with Gasteiger partial charge in [0, 0.05) is 17.4 Å². The third-order valence-electron chi connectivity index (χ3n) is 3.86. The van der Waals surface area contributed by atoms with Crippen LogP contribution in [0.5, 0.6) is 5.75 Å². The second-order valence-electron chi connectivity index (χ2n) is 6.75. The Bertz CT molecular complexity index is 804. The summed E-state index contributed by atoms with van der Waals surface area (Å²) >= 11 is -1.18. The Hall–Kier alpha value is -2.01. The highest BCUT2D eigenvalue weighted by Gasteiger charge is 2.31. The third kappa shape index (κ3) is 3.00. The van der Waals surface area contributed by atoms with Gasteiger partial charge >= 0.3 is 0 Å². The first-order chi connectivity index (χ1) is 11.3. The number of rotatable bonds is 3. The van der Waals surface area contributed by atoms with Gasteiger partial charge in [-0.2, -0.15) is 5.26 Å². The normalized spacial score (nSPS) is 15.7. The van der Waals surface area contributed by atoms with Crippen molar-refractivity contribution >= 4 is 11.4 Å². The van der Waals surface area contributed by atoms with Crippen LogP contribution < -0.4 is 9.46 Å². The van der Waals surface area contributed by atoms with Crippen LogP contribution in [0.15, 0.2) is 24.5 Å². The van der Waals surface area contributed by atoms with Gasteiger partial charge < -0.3 is 9.29 Å². The minimum atomic E-state index is -1.18. The average molecular weight is 344 g/mol. The van der Waals surface area contributed by atoms with Gasteiger partial charge in [-0.15, -0.1) is 4.72 Å². The van der Waals surface area contributed by atoms with Gasteiger partial charge in [-0.25, -0.2) is 4.98 Å². The molecular formula is C17H20N4O2S. The lowest BCUT2D eigenvalue weighted by atomic mass is 10.1. The molecule has 0 radical (unpaired) electrons. The van der Waals surface area contributed by atoms with Crippen molar-refractivity contribution < 1.29 is 9.29 Å². The minimum Gasteiger partial charge on any atom is -0.598 e. The maximum absolute atomic E-state index is 12.3. The van der Waals surface area contributed by atoms with Crippen molar-refractivity contribution in [3.63, 3.8) is 0 Å². The highest BCUT2D eigenvalue weighted by molar-refractivity contribution is 7.90. The Morgan fingerprint density at radius 3 is 2.88 bits per heavy atom. The van der Waals surface area contributed by atoms with Gasteiger partial charge in [-0.1, -0.05) is 0 Å². The summed E-state index contributed by atoms with van der Waals surface area (Å²) in [6.45, 7) is 8.10. The zero-order valence-corrected chi connectivity index (χ0v) is 15.0. The molecule has 1 N–H and O–H groups in total.